The number of ether oxygens (including phenoxy) is 4. The van der Waals surface area contributed by atoms with Crippen molar-refractivity contribution in [3.05, 3.63) is 46.8 Å². The van der Waals surface area contributed by atoms with E-state index in [0.717, 1.165) is 4.70 Å². The van der Waals surface area contributed by atoms with E-state index in [2.05, 4.69) is 4.99 Å². The van der Waals surface area contributed by atoms with Crippen molar-refractivity contribution in [3.63, 3.8) is 0 Å². The summed E-state index contributed by atoms with van der Waals surface area (Å²) < 4.78 is 23.3. The molecule has 3 aromatic rings. The molecule has 0 aliphatic rings. The molecule has 0 aliphatic carbocycles. The number of hydrogen-bond acceptors (Lipinski definition) is 7. The highest BCUT2D eigenvalue weighted by molar-refractivity contribution is 7.16. The third kappa shape index (κ3) is 4.46. The highest BCUT2D eigenvalue weighted by Crippen LogP contribution is 2.33. The molecule has 0 bridgehead atoms. The zero-order valence-electron chi connectivity index (χ0n) is 17.1. The highest BCUT2D eigenvalue weighted by Gasteiger charge is 2.16. The molecule has 1 aromatic heterocycles. The highest BCUT2D eigenvalue weighted by atomic mass is 32.1. The van der Waals surface area contributed by atoms with E-state index in [1.54, 1.807) is 48.1 Å². The molecule has 0 saturated carbocycles. The van der Waals surface area contributed by atoms with Crippen LogP contribution in [0.3, 0.4) is 0 Å². The van der Waals surface area contributed by atoms with Crippen LogP contribution in [0.1, 0.15) is 17.3 Å². The lowest BCUT2D eigenvalue weighted by Crippen LogP contribution is -2.22. The van der Waals surface area contributed by atoms with Crippen molar-refractivity contribution in [1.29, 1.82) is 0 Å². The monoisotopic (exact) mass is 430 g/mol. The van der Waals surface area contributed by atoms with Crippen molar-refractivity contribution in [3.8, 4) is 17.2 Å². The SMILES string of the molecule is CCOc1ccc(C(=O)N=c2sc3cc(OC)c(OC)cc3n2CC(=O)OC)cc1. The summed E-state index contributed by atoms with van der Waals surface area (Å²) in [4.78, 5) is 29.3. The molecule has 9 heteroatoms. The minimum absolute atomic E-state index is 0.0959. The number of aromatic nitrogens is 1. The Bertz CT molecular complexity index is 1130. The summed E-state index contributed by atoms with van der Waals surface area (Å²) in [5.41, 5.74) is 1.09. The van der Waals surface area contributed by atoms with Gasteiger partial charge in [0.1, 0.15) is 12.3 Å². The largest absolute Gasteiger partial charge is 0.494 e. The molecule has 158 valence electrons. The molecule has 8 nitrogen and oxygen atoms in total. The predicted octanol–water partition coefficient (Wildman–Crippen LogP) is 3.03. The molecule has 0 aliphatic heterocycles. The molecule has 1 amide bonds. The van der Waals surface area contributed by atoms with E-state index in [0.29, 0.717) is 39.7 Å². The number of esters is 1. The fraction of sp³-hybridized carbons (Fsp3) is 0.286. The first-order chi connectivity index (χ1) is 14.5. The van der Waals surface area contributed by atoms with Crippen LogP contribution >= 0.6 is 11.3 Å². The van der Waals surface area contributed by atoms with Gasteiger partial charge >= 0.3 is 5.97 Å². The number of methoxy groups -OCH3 is 3. The van der Waals surface area contributed by atoms with E-state index >= 15 is 0 Å². The van der Waals surface area contributed by atoms with Crippen LogP contribution in [0.4, 0.5) is 0 Å². The summed E-state index contributed by atoms with van der Waals surface area (Å²) in [6, 6.07) is 10.3. The Morgan fingerprint density at radius 2 is 1.70 bits per heavy atom. The van der Waals surface area contributed by atoms with Crippen molar-refractivity contribution in [1.82, 2.24) is 4.57 Å². The van der Waals surface area contributed by atoms with Gasteiger partial charge in [-0.25, -0.2) is 0 Å². The first-order valence-electron chi connectivity index (χ1n) is 9.14. The number of rotatable bonds is 7. The van der Waals surface area contributed by atoms with Crippen LogP contribution in [0.5, 0.6) is 17.2 Å². The van der Waals surface area contributed by atoms with Crippen LogP contribution < -0.4 is 19.0 Å². The third-order valence-corrected chi connectivity index (χ3v) is 5.35. The van der Waals surface area contributed by atoms with Gasteiger partial charge in [-0.2, -0.15) is 4.99 Å². The van der Waals surface area contributed by atoms with E-state index in [1.807, 2.05) is 6.92 Å². The van der Waals surface area contributed by atoms with Gasteiger partial charge in [-0.05, 0) is 31.2 Å². The van der Waals surface area contributed by atoms with E-state index < -0.39 is 11.9 Å². The van der Waals surface area contributed by atoms with Crippen molar-refractivity contribution in [2.24, 2.45) is 4.99 Å². The first kappa shape index (κ1) is 21.4. The van der Waals surface area contributed by atoms with Crippen LogP contribution in [0.15, 0.2) is 41.4 Å². The maximum absolute atomic E-state index is 12.7. The van der Waals surface area contributed by atoms with Gasteiger partial charge in [-0.1, -0.05) is 11.3 Å². The smallest absolute Gasteiger partial charge is 0.325 e. The summed E-state index contributed by atoms with van der Waals surface area (Å²) in [5, 5.41) is 0. The van der Waals surface area contributed by atoms with Crippen molar-refractivity contribution in [2.45, 2.75) is 13.5 Å². The number of hydrogen-bond donors (Lipinski definition) is 0. The Morgan fingerprint density at radius 3 is 2.30 bits per heavy atom. The second kappa shape index (κ2) is 9.45. The van der Waals surface area contributed by atoms with E-state index in [4.69, 9.17) is 18.9 Å². The van der Waals surface area contributed by atoms with Crippen LogP contribution in [-0.2, 0) is 16.1 Å². The van der Waals surface area contributed by atoms with Crippen molar-refractivity contribution < 1.29 is 28.5 Å². The molecule has 0 fully saturated rings. The average Bonchev–Trinajstić information content (AvgIpc) is 3.08. The quantitative estimate of drug-likeness (QED) is 0.536. The Hall–Kier alpha value is -3.33. The number of amides is 1. The van der Waals surface area contributed by atoms with Crippen LogP contribution in [0, 0.1) is 0 Å². The van der Waals surface area contributed by atoms with E-state index in [9.17, 15) is 9.59 Å². The normalized spacial score (nSPS) is 11.4. The Kier molecular flexibility index (Phi) is 6.73. The first-order valence-corrected chi connectivity index (χ1v) is 9.96. The summed E-state index contributed by atoms with van der Waals surface area (Å²) in [5.74, 6) is 0.837. The van der Waals surface area contributed by atoms with Crippen molar-refractivity contribution in [2.75, 3.05) is 27.9 Å². The Labute approximate surface area is 177 Å². The van der Waals surface area contributed by atoms with Crippen LogP contribution in [0.2, 0.25) is 0 Å². The van der Waals surface area contributed by atoms with E-state index in [1.165, 1.54) is 25.6 Å². The standard InChI is InChI=1S/C21H22N2O6S/c1-5-29-14-8-6-13(7-9-14)20(25)22-21-23(12-19(24)28-4)15-10-16(26-2)17(27-3)11-18(15)30-21/h6-11H,5,12H2,1-4H3. The van der Waals surface area contributed by atoms with Gasteiger partial charge < -0.3 is 23.5 Å². The molecule has 0 N–H and O–H groups in total. The second-order valence-corrected chi connectivity index (χ2v) is 7.11. The van der Waals surface area contributed by atoms with Gasteiger partial charge in [-0.15, -0.1) is 0 Å². The maximum Gasteiger partial charge on any atom is 0.325 e. The fourth-order valence-corrected chi connectivity index (χ4v) is 3.88. The molecule has 3 rings (SSSR count). The number of thiazole rings is 1. The van der Waals surface area contributed by atoms with Gasteiger partial charge in [0.25, 0.3) is 5.91 Å². The molecular formula is C21H22N2O6S. The third-order valence-electron chi connectivity index (χ3n) is 4.31. The number of fused-ring (bicyclic) bond motifs is 1. The molecule has 2 aromatic carbocycles. The summed E-state index contributed by atoms with van der Waals surface area (Å²) in [6.07, 6.45) is 0. The van der Waals surface area contributed by atoms with Gasteiger partial charge in [0, 0.05) is 17.7 Å². The van der Waals surface area contributed by atoms with E-state index in [-0.39, 0.29) is 6.54 Å². The topological polar surface area (TPSA) is 88.4 Å². The summed E-state index contributed by atoms with van der Waals surface area (Å²) in [6.45, 7) is 2.33. The lowest BCUT2D eigenvalue weighted by Gasteiger charge is -2.09. The molecule has 1 heterocycles. The number of carbonyl (C=O) groups is 2. The number of carbonyl (C=O) groups excluding carboxylic acids is 2. The minimum Gasteiger partial charge on any atom is -0.494 e. The van der Waals surface area contributed by atoms with Gasteiger partial charge in [-0.3, -0.25) is 9.59 Å². The van der Waals surface area contributed by atoms with Gasteiger partial charge in [0.15, 0.2) is 16.3 Å². The Balaban J connectivity index is 2.11. The van der Waals surface area contributed by atoms with Crippen molar-refractivity contribution >= 4 is 33.4 Å². The maximum atomic E-state index is 12.7. The summed E-state index contributed by atoms with van der Waals surface area (Å²) >= 11 is 1.27. The molecule has 0 spiro atoms. The number of benzene rings is 2. The zero-order valence-corrected chi connectivity index (χ0v) is 17.9. The lowest BCUT2D eigenvalue weighted by atomic mass is 10.2. The molecule has 0 unspecified atom stereocenters. The zero-order chi connectivity index (χ0) is 21.7. The second-order valence-electron chi connectivity index (χ2n) is 6.10. The predicted molar refractivity (Wildman–Crippen MR) is 112 cm³/mol. The van der Waals surface area contributed by atoms with Crippen LogP contribution in [0.25, 0.3) is 10.2 Å². The van der Waals surface area contributed by atoms with Gasteiger partial charge in [0.05, 0.1) is 38.2 Å². The molecule has 30 heavy (non-hydrogen) atoms. The van der Waals surface area contributed by atoms with Crippen LogP contribution in [-0.4, -0.2) is 44.4 Å². The fourth-order valence-electron chi connectivity index (χ4n) is 2.84. The Morgan fingerprint density at radius 1 is 1.03 bits per heavy atom. The minimum atomic E-state index is -0.459. The molecule has 0 radical (unpaired) electrons. The number of nitrogens with zero attached hydrogens (tertiary/aromatic N) is 2. The molecule has 0 atom stereocenters. The lowest BCUT2D eigenvalue weighted by molar-refractivity contribution is -0.141. The average molecular weight is 430 g/mol. The molecular weight excluding hydrogens is 408 g/mol. The summed E-state index contributed by atoms with van der Waals surface area (Å²) in [7, 11) is 4.38. The molecule has 0 saturated heterocycles. The van der Waals surface area contributed by atoms with Gasteiger partial charge in [0.2, 0.25) is 0 Å².